The van der Waals surface area contributed by atoms with Crippen LogP contribution in [0, 0.1) is 0 Å². The minimum absolute atomic E-state index is 0. The predicted octanol–water partition coefficient (Wildman–Crippen LogP) is 24.1. The summed E-state index contributed by atoms with van der Waals surface area (Å²) in [5, 5.41) is 3.12. The number of rotatable bonds is 54. The van der Waals surface area contributed by atoms with Crippen LogP contribution in [0.1, 0.15) is 358 Å². The van der Waals surface area contributed by atoms with Gasteiger partial charge in [-0.05, 0) is 95.2 Å². The van der Waals surface area contributed by atoms with Crippen LogP contribution in [0.2, 0.25) is 0 Å². The Kier molecular flexibility index (Phi) is 49.3. The Morgan fingerprint density at radius 3 is 0.600 bits per heavy atom. The number of hydrogen-bond donors (Lipinski definition) is 0. The van der Waals surface area contributed by atoms with Gasteiger partial charge in [0.15, 0.2) is 0 Å². The van der Waals surface area contributed by atoms with Gasteiger partial charge in [0, 0.05) is 0 Å². The van der Waals surface area contributed by atoms with Gasteiger partial charge in [-0.2, -0.15) is 0 Å². The van der Waals surface area contributed by atoms with Crippen LogP contribution in [0.5, 0.6) is 0 Å². The molecular weight excluding hydrogens is 1210 g/mol. The van der Waals surface area contributed by atoms with Crippen molar-refractivity contribution >= 4 is 90.7 Å². The van der Waals surface area contributed by atoms with Gasteiger partial charge in [0.25, 0.3) is 0 Å². The molecule has 0 saturated heterocycles. The molecule has 6 nitrogen and oxygen atoms in total. The molecule has 0 N–H and O–H groups in total. The molecule has 480 valence electrons. The molecular formula is C76H126BaO6S2. The van der Waals surface area contributed by atoms with Crippen LogP contribution < -0.4 is 0 Å². The Morgan fingerprint density at radius 1 is 0.247 bits per heavy atom. The van der Waals surface area contributed by atoms with Gasteiger partial charge in [-0.15, -0.1) is 0 Å². The molecule has 0 spiro atoms. The van der Waals surface area contributed by atoms with Crippen LogP contribution in [0.25, 0.3) is 21.5 Å². The van der Waals surface area contributed by atoms with Gasteiger partial charge in [0.2, 0.25) is 0 Å². The van der Waals surface area contributed by atoms with E-state index in [0.717, 1.165) is 73.3 Å². The number of fused-ring (bicyclic) bond motifs is 2. The van der Waals surface area contributed by atoms with E-state index in [-0.39, 0.29) is 58.7 Å². The maximum absolute atomic E-state index is 12.4. The molecule has 0 aromatic heterocycles. The average molecular weight is 1340 g/mol. The van der Waals surface area contributed by atoms with Crippen molar-refractivity contribution in [2.75, 3.05) is 0 Å². The molecule has 0 heterocycles. The standard InChI is InChI=1S/2C38H64O3S.Ba/c2*1-3-5-7-9-11-13-15-17-19-21-23-25-29-34-33-35(38(42(39,40)41)37-32-28-27-31-36(34)37)30-26-24-22-20-18-16-14-12-10-8-6-4-2;/h2*27-28,31-33H,3-26,29-30H2,1-2H3,(H,39,40,41);/q;;+2/p-2. The van der Waals surface area contributed by atoms with Crippen LogP contribution in [0.15, 0.2) is 70.5 Å². The molecule has 0 amide bonds. The van der Waals surface area contributed by atoms with E-state index in [0.29, 0.717) is 23.6 Å². The molecule has 0 unspecified atom stereocenters. The van der Waals surface area contributed by atoms with Crippen LogP contribution in [0.4, 0.5) is 0 Å². The monoisotopic (exact) mass is 1340 g/mol. The molecule has 0 aliphatic carbocycles. The Labute approximate surface area is 565 Å². The van der Waals surface area contributed by atoms with E-state index in [9.17, 15) is 25.9 Å². The van der Waals surface area contributed by atoms with Gasteiger partial charge < -0.3 is 9.11 Å². The van der Waals surface area contributed by atoms with E-state index in [4.69, 9.17) is 0 Å². The first-order valence-electron chi connectivity index (χ1n) is 36.0. The average Bonchev–Trinajstić information content (AvgIpc) is 3.57. The second kappa shape index (κ2) is 52.4. The zero-order valence-electron chi connectivity index (χ0n) is 55.5. The van der Waals surface area contributed by atoms with Gasteiger partial charge in [-0.1, -0.05) is 371 Å². The van der Waals surface area contributed by atoms with Crippen molar-refractivity contribution in [2.45, 2.75) is 371 Å². The van der Waals surface area contributed by atoms with Crippen molar-refractivity contribution < 1.29 is 25.9 Å². The van der Waals surface area contributed by atoms with E-state index in [1.165, 1.54) is 281 Å². The Hall–Kier alpha value is -1.21. The van der Waals surface area contributed by atoms with E-state index < -0.39 is 20.2 Å². The van der Waals surface area contributed by atoms with Crippen LogP contribution in [-0.2, 0) is 45.9 Å². The van der Waals surface area contributed by atoms with Gasteiger partial charge in [0.1, 0.15) is 20.2 Å². The normalized spacial score (nSPS) is 11.8. The maximum Gasteiger partial charge on any atom is 2.00 e. The Bertz CT molecular complexity index is 2300. The van der Waals surface area contributed by atoms with Crippen LogP contribution in [-0.4, -0.2) is 74.8 Å². The molecule has 0 atom stereocenters. The largest absolute Gasteiger partial charge is 2.00 e. The first kappa shape index (κ1) is 79.9. The minimum atomic E-state index is -4.54. The summed E-state index contributed by atoms with van der Waals surface area (Å²) in [6.07, 6.45) is 65.5. The molecule has 0 aliphatic heterocycles. The second-order valence-electron chi connectivity index (χ2n) is 25.6. The molecule has 0 fully saturated rings. The summed E-state index contributed by atoms with van der Waals surface area (Å²) in [5.41, 5.74) is 3.90. The number of hydrogen-bond acceptors (Lipinski definition) is 6. The van der Waals surface area contributed by atoms with Crippen molar-refractivity contribution in [1.82, 2.24) is 0 Å². The molecule has 9 heteroatoms. The summed E-state index contributed by atoms with van der Waals surface area (Å²) < 4.78 is 74.5. The third kappa shape index (κ3) is 37.0. The van der Waals surface area contributed by atoms with Crippen molar-refractivity contribution in [3.05, 3.63) is 82.9 Å². The SMILES string of the molecule is CCCCCCCCCCCCCCc1cc(CCCCCCCCCCCCCC)c2ccccc2c1S(=O)(=O)[O-].CCCCCCCCCCCCCCc1cc(CCCCCCCCCCCCCC)c2ccccc2c1S(=O)(=O)[O-].[Ba+2]. The van der Waals surface area contributed by atoms with Crippen LogP contribution >= 0.6 is 0 Å². The Balaban J connectivity index is 0.000000573. The second-order valence-corrected chi connectivity index (χ2v) is 28.2. The zero-order valence-corrected chi connectivity index (χ0v) is 61.6. The van der Waals surface area contributed by atoms with Gasteiger partial charge in [-0.25, -0.2) is 16.8 Å². The molecule has 4 rings (SSSR count). The smallest absolute Gasteiger partial charge is 0.744 e. The fourth-order valence-corrected chi connectivity index (χ4v) is 14.8. The molecule has 4 aromatic rings. The molecule has 4 aromatic carbocycles. The summed E-state index contributed by atoms with van der Waals surface area (Å²) >= 11 is 0. The predicted molar refractivity (Wildman–Crippen MR) is 369 cm³/mol. The maximum atomic E-state index is 12.4. The van der Waals surface area contributed by atoms with E-state index in [2.05, 4.69) is 39.8 Å². The fraction of sp³-hybridized carbons (Fsp3) is 0.737. The van der Waals surface area contributed by atoms with Crippen LogP contribution in [0.3, 0.4) is 0 Å². The topological polar surface area (TPSA) is 114 Å². The van der Waals surface area contributed by atoms with Crippen molar-refractivity contribution in [1.29, 1.82) is 0 Å². The summed E-state index contributed by atoms with van der Waals surface area (Å²) in [6.45, 7) is 9.07. The van der Waals surface area contributed by atoms with Gasteiger partial charge in [0.05, 0.1) is 9.79 Å². The summed E-state index contributed by atoms with van der Waals surface area (Å²) in [5.74, 6) is 0. The van der Waals surface area contributed by atoms with E-state index >= 15 is 0 Å². The first-order valence-corrected chi connectivity index (χ1v) is 38.8. The van der Waals surface area contributed by atoms with Crippen molar-refractivity contribution in [3.8, 4) is 0 Å². The zero-order chi connectivity index (χ0) is 60.6. The molecule has 85 heavy (non-hydrogen) atoms. The minimum Gasteiger partial charge on any atom is -0.744 e. The number of unbranched alkanes of at least 4 members (excludes halogenated alkanes) is 44. The van der Waals surface area contributed by atoms with Gasteiger partial charge in [-0.3, -0.25) is 0 Å². The quantitative estimate of drug-likeness (QED) is 0.0247. The molecule has 0 bridgehead atoms. The van der Waals surface area contributed by atoms with Crippen molar-refractivity contribution in [3.63, 3.8) is 0 Å². The Morgan fingerprint density at radius 2 is 0.412 bits per heavy atom. The summed E-state index contributed by atoms with van der Waals surface area (Å²) in [6, 6.07) is 19.4. The number of benzene rings is 4. The van der Waals surface area contributed by atoms with E-state index in [1.807, 2.05) is 48.5 Å². The third-order valence-corrected chi connectivity index (χ3v) is 20.0. The molecule has 0 aliphatic rings. The molecule has 0 radical (unpaired) electrons. The molecule has 0 saturated carbocycles. The number of aryl methyl sites for hydroxylation is 4. The van der Waals surface area contributed by atoms with Gasteiger partial charge >= 0.3 is 48.9 Å². The third-order valence-electron chi connectivity index (χ3n) is 18.0. The van der Waals surface area contributed by atoms with Crippen molar-refractivity contribution in [2.24, 2.45) is 0 Å². The first-order chi connectivity index (χ1) is 41.0. The summed E-state index contributed by atoms with van der Waals surface area (Å²) in [7, 11) is -9.08. The van der Waals surface area contributed by atoms with E-state index in [1.54, 1.807) is 0 Å². The summed E-state index contributed by atoms with van der Waals surface area (Å²) in [4.78, 5) is 0.0548. The fourth-order valence-electron chi connectivity index (χ4n) is 13.0.